The van der Waals surface area contributed by atoms with Crippen LogP contribution in [0.25, 0.3) is 0 Å². The standard InChI is InChI=1S/C36H22N4O6/c41-31-15-7-1-9-21(31)19-37-27-17-28(38-20-22-10-2-8-16-32(22)42)30(40-35(45)25-13-5-6-14-26(25)36(40)46)18-29(27)39-33(43)23-11-3-4-12-24(23)34(39)44/h1-20,37-38H/b21-19+,22-20+. The summed E-state index contributed by atoms with van der Waals surface area (Å²) in [6.45, 7) is 0. The lowest BCUT2D eigenvalue weighted by atomic mass is 10.1. The van der Waals surface area contributed by atoms with Crippen LogP contribution in [0.4, 0.5) is 22.7 Å². The number of ketones is 2. The maximum atomic E-state index is 13.7. The molecule has 0 atom stereocenters. The number of carbonyl (C=O) groups excluding carboxylic acids is 6. The van der Waals surface area contributed by atoms with Gasteiger partial charge in [0.25, 0.3) is 23.6 Å². The molecule has 46 heavy (non-hydrogen) atoms. The van der Waals surface area contributed by atoms with E-state index < -0.39 is 23.6 Å². The summed E-state index contributed by atoms with van der Waals surface area (Å²) in [5.74, 6) is -2.94. The zero-order valence-corrected chi connectivity index (χ0v) is 23.9. The van der Waals surface area contributed by atoms with Crippen LogP contribution in [0.3, 0.4) is 0 Å². The number of anilines is 4. The number of hydrogen-bond donors (Lipinski definition) is 2. The molecule has 0 saturated heterocycles. The number of benzene rings is 3. The number of fused-ring (bicyclic) bond motifs is 2. The summed E-state index contributed by atoms with van der Waals surface area (Å²) in [5.41, 5.74) is 1.85. The van der Waals surface area contributed by atoms with Crippen molar-refractivity contribution in [3.63, 3.8) is 0 Å². The van der Waals surface area contributed by atoms with Gasteiger partial charge in [0.15, 0.2) is 11.6 Å². The van der Waals surface area contributed by atoms with Gasteiger partial charge in [0.05, 0.1) is 45.0 Å². The molecule has 7 rings (SSSR count). The van der Waals surface area contributed by atoms with Gasteiger partial charge in [-0.1, -0.05) is 48.6 Å². The molecule has 2 heterocycles. The lowest BCUT2D eigenvalue weighted by Crippen LogP contribution is -2.32. The highest BCUT2D eigenvalue weighted by molar-refractivity contribution is 6.37. The Labute approximate surface area is 262 Å². The molecule has 3 aromatic rings. The molecule has 4 amide bonds. The first-order valence-electron chi connectivity index (χ1n) is 14.2. The van der Waals surface area contributed by atoms with Crippen molar-refractivity contribution in [1.29, 1.82) is 0 Å². The summed E-state index contributed by atoms with van der Waals surface area (Å²) in [4.78, 5) is 81.6. The molecule has 0 radical (unpaired) electrons. The van der Waals surface area contributed by atoms with Crippen LogP contribution in [-0.4, -0.2) is 35.2 Å². The fraction of sp³-hybridized carbons (Fsp3) is 0. The Bertz CT molecular complexity index is 1910. The highest BCUT2D eigenvalue weighted by Gasteiger charge is 2.41. The molecule has 2 N–H and O–H groups in total. The van der Waals surface area contributed by atoms with Gasteiger partial charge in [0, 0.05) is 23.5 Å². The minimum Gasteiger partial charge on any atom is -0.359 e. The van der Waals surface area contributed by atoms with E-state index in [4.69, 9.17) is 0 Å². The third-order valence-corrected chi connectivity index (χ3v) is 7.79. The summed E-state index contributed by atoms with van der Waals surface area (Å²) in [6, 6.07) is 15.6. The molecule has 0 aromatic heterocycles. The summed E-state index contributed by atoms with van der Waals surface area (Å²) in [7, 11) is 0. The quantitative estimate of drug-likeness (QED) is 0.287. The van der Waals surface area contributed by atoms with Crippen molar-refractivity contribution < 1.29 is 28.8 Å². The van der Waals surface area contributed by atoms with E-state index in [-0.39, 0.29) is 56.6 Å². The molecule has 0 unspecified atom stereocenters. The second-order valence-electron chi connectivity index (χ2n) is 10.5. The Morgan fingerprint density at radius 1 is 0.457 bits per heavy atom. The van der Waals surface area contributed by atoms with E-state index in [0.29, 0.717) is 11.1 Å². The van der Waals surface area contributed by atoms with Gasteiger partial charge in [0.2, 0.25) is 0 Å². The molecule has 0 spiro atoms. The van der Waals surface area contributed by atoms with E-state index in [1.54, 1.807) is 85.0 Å². The number of carbonyl (C=O) groups is 6. The van der Waals surface area contributed by atoms with Crippen LogP contribution in [0.1, 0.15) is 41.4 Å². The predicted octanol–water partition coefficient (Wildman–Crippen LogP) is 5.27. The molecular weight excluding hydrogens is 584 g/mol. The SMILES string of the molecule is O=C1C=CC=C/C1=C\Nc1cc(N/C=C2\C=CC=CC2=O)c(N2C(=O)c3ccccc3C2=O)cc1N1C(=O)c2ccccc2C1=O. The van der Waals surface area contributed by atoms with Gasteiger partial charge in [-0.15, -0.1) is 0 Å². The monoisotopic (exact) mass is 606 g/mol. The van der Waals surface area contributed by atoms with E-state index in [9.17, 15) is 28.8 Å². The fourth-order valence-corrected chi connectivity index (χ4v) is 5.51. The van der Waals surface area contributed by atoms with E-state index in [1.165, 1.54) is 36.7 Å². The minimum absolute atomic E-state index is 0.0344. The van der Waals surface area contributed by atoms with E-state index >= 15 is 0 Å². The first-order chi connectivity index (χ1) is 22.3. The zero-order valence-electron chi connectivity index (χ0n) is 23.9. The van der Waals surface area contributed by atoms with Crippen molar-refractivity contribution >= 4 is 57.9 Å². The highest BCUT2D eigenvalue weighted by atomic mass is 16.2. The smallest absolute Gasteiger partial charge is 0.266 e. The van der Waals surface area contributed by atoms with Crippen molar-refractivity contribution in [1.82, 2.24) is 0 Å². The molecule has 3 aromatic carbocycles. The predicted molar refractivity (Wildman–Crippen MR) is 172 cm³/mol. The summed E-state index contributed by atoms with van der Waals surface area (Å²) < 4.78 is 0. The molecule has 0 saturated carbocycles. The maximum absolute atomic E-state index is 13.7. The van der Waals surface area contributed by atoms with Crippen LogP contribution in [-0.2, 0) is 9.59 Å². The summed E-state index contributed by atoms with van der Waals surface area (Å²) in [5, 5.41) is 6.09. The number of nitrogens with one attached hydrogen (secondary N) is 2. The van der Waals surface area contributed by atoms with Gasteiger partial charge in [-0.05, 0) is 60.7 Å². The third kappa shape index (κ3) is 4.61. The largest absolute Gasteiger partial charge is 0.359 e. The molecule has 4 aliphatic rings. The topological polar surface area (TPSA) is 133 Å². The number of imide groups is 2. The third-order valence-electron chi connectivity index (χ3n) is 7.79. The van der Waals surface area contributed by atoms with E-state index in [2.05, 4.69) is 10.6 Å². The number of allylic oxidation sites excluding steroid dienone is 10. The molecule has 2 aliphatic carbocycles. The van der Waals surface area contributed by atoms with Crippen LogP contribution in [0.5, 0.6) is 0 Å². The average Bonchev–Trinajstić information content (AvgIpc) is 3.48. The number of rotatable bonds is 6. The summed E-state index contributed by atoms with van der Waals surface area (Å²) >= 11 is 0. The molecule has 222 valence electrons. The first-order valence-corrected chi connectivity index (χ1v) is 14.2. The lowest BCUT2D eigenvalue weighted by molar-refractivity contribution is -0.111. The van der Waals surface area contributed by atoms with Crippen LogP contribution in [0.2, 0.25) is 0 Å². The normalized spacial score (nSPS) is 18.3. The number of amides is 4. The Kier molecular flexibility index (Phi) is 6.79. The van der Waals surface area contributed by atoms with E-state index in [1.807, 2.05) is 0 Å². The van der Waals surface area contributed by atoms with Crippen molar-refractivity contribution in [2.24, 2.45) is 0 Å². The lowest BCUT2D eigenvalue weighted by Gasteiger charge is -2.25. The molecular formula is C36H22N4O6. The van der Waals surface area contributed by atoms with Crippen molar-refractivity contribution in [3.8, 4) is 0 Å². The molecule has 2 aliphatic heterocycles. The Balaban J connectivity index is 1.42. The molecule has 10 heteroatoms. The van der Waals surface area contributed by atoms with Crippen molar-refractivity contribution in [2.75, 3.05) is 20.4 Å². The zero-order chi connectivity index (χ0) is 31.9. The maximum Gasteiger partial charge on any atom is 0.266 e. The molecule has 0 bridgehead atoms. The Hall–Kier alpha value is -6.68. The summed E-state index contributed by atoms with van der Waals surface area (Å²) in [6.07, 6.45) is 15.4. The number of nitrogens with zero attached hydrogens (tertiary/aromatic N) is 2. The van der Waals surface area contributed by atoms with Crippen LogP contribution < -0.4 is 20.4 Å². The highest BCUT2D eigenvalue weighted by Crippen LogP contribution is 2.43. The van der Waals surface area contributed by atoms with Crippen molar-refractivity contribution in [3.05, 3.63) is 155 Å². The van der Waals surface area contributed by atoms with Gasteiger partial charge in [-0.25, -0.2) is 9.80 Å². The fourth-order valence-electron chi connectivity index (χ4n) is 5.51. The van der Waals surface area contributed by atoms with Crippen LogP contribution >= 0.6 is 0 Å². The van der Waals surface area contributed by atoms with Crippen LogP contribution in [0, 0.1) is 0 Å². The van der Waals surface area contributed by atoms with Gasteiger partial charge < -0.3 is 10.6 Å². The first kappa shape index (κ1) is 28.1. The second kappa shape index (κ2) is 11.1. The van der Waals surface area contributed by atoms with Gasteiger partial charge in [0.1, 0.15) is 0 Å². The van der Waals surface area contributed by atoms with Gasteiger partial charge in [-0.3, -0.25) is 28.8 Å². The minimum atomic E-state index is -0.603. The average molecular weight is 607 g/mol. The number of hydrogen-bond acceptors (Lipinski definition) is 8. The second-order valence-corrected chi connectivity index (χ2v) is 10.5. The van der Waals surface area contributed by atoms with Crippen LogP contribution in [0.15, 0.2) is 133 Å². The van der Waals surface area contributed by atoms with E-state index in [0.717, 1.165) is 9.80 Å². The Morgan fingerprint density at radius 2 is 0.804 bits per heavy atom. The molecule has 0 fully saturated rings. The Morgan fingerprint density at radius 3 is 1.15 bits per heavy atom. The van der Waals surface area contributed by atoms with Crippen molar-refractivity contribution in [2.45, 2.75) is 0 Å². The molecule has 10 nitrogen and oxygen atoms in total. The van der Waals surface area contributed by atoms with Gasteiger partial charge in [-0.2, -0.15) is 0 Å². The van der Waals surface area contributed by atoms with Gasteiger partial charge >= 0.3 is 0 Å².